The van der Waals surface area contributed by atoms with E-state index in [0.29, 0.717) is 6.61 Å². The van der Waals surface area contributed by atoms with Gasteiger partial charge in [-0.15, -0.1) is 0 Å². The Morgan fingerprint density at radius 3 is 2.75 bits per heavy atom. The van der Waals surface area contributed by atoms with Crippen LogP contribution in [0.3, 0.4) is 0 Å². The first kappa shape index (κ1) is 12.6. The van der Waals surface area contributed by atoms with Crippen LogP contribution in [0.1, 0.15) is 25.0 Å². The van der Waals surface area contributed by atoms with Crippen LogP contribution in [0.4, 0.5) is 0 Å². The van der Waals surface area contributed by atoms with E-state index in [1.807, 2.05) is 42.8 Å². The second kappa shape index (κ2) is 6.95. The molecule has 0 aliphatic rings. The van der Waals surface area contributed by atoms with Crippen LogP contribution in [-0.2, 0) is 14.4 Å². The quantitative estimate of drug-likeness (QED) is 0.558. The third kappa shape index (κ3) is 4.39. The van der Waals surface area contributed by atoms with Gasteiger partial charge in [0.15, 0.2) is 0 Å². The molecule has 0 aliphatic heterocycles. The number of hydrogen-bond acceptors (Lipinski definition) is 5. The largest absolute Gasteiger partial charge is 0.373 e. The fourth-order valence-corrected chi connectivity index (χ4v) is 1.26. The van der Waals surface area contributed by atoms with Gasteiger partial charge in [0, 0.05) is 0 Å². The van der Waals surface area contributed by atoms with Gasteiger partial charge in [0.05, 0.1) is 19.1 Å². The van der Waals surface area contributed by atoms with Crippen molar-refractivity contribution >= 4 is 5.97 Å². The zero-order valence-corrected chi connectivity index (χ0v) is 9.18. The molecule has 0 bridgehead atoms. The normalized spacial score (nSPS) is 12.1. The fourth-order valence-electron chi connectivity index (χ4n) is 1.26. The van der Waals surface area contributed by atoms with Gasteiger partial charge in [0.1, 0.15) is 0 Å². The molecule has 1 aromatic carbocycles. The lowest BCUT2D eigenvalue weighted by Gasteiger charge is -2.12. The zero-order chi connectivity index (χ0) is 11.8. The summed E-state index contributed by atoms with van der Waals surface area (Å²) in [7, 11) is 0. The fraction of sp³-hybridized carbons (Fsp3) is 0.364. The molecule has 16 heavy (non-hydrogen) atoms. The van der Waals surface area contributed by atoms with Crippen LogP contribution in [0.2, 0.25) is 0 Å². The minimum Gasteiger partial charge on any atom is -0.373 e. The van der Waals surface area contributed by atoms with E-state index in [1.165, 1.54) is 0 Å². The highest BCUT2D eigenvalue weighted by Crippen LogP contribution is 2.15. The Hall–Kier alpha value is -1.43. The summed E-state index contributed by atoms with van der Waals surface area (Å²) in [4.78, 5) is 15.3. The molecule has 1 aromatic rings. The Bertz CT molecular complexity index is 316. The predicted octanol–water partition coefficient (Wildman–Crippen LogP) is 1.08. The highest BCUT2D eigenvalue weighted by molar-refractivity contribution is 5.69. The van der Waals surface area contributed by atoms with Crippen molar-refractivity contribution in [3.05, 3.63) is 35.9 Å². The van der Waals surface area contributed by atoms with Crippen LogP contribution < -0.4 is 11.4 Å². The van der Waals surface area contributed by atoms with E-state index in [0.717, 1.165) is 5.56 Å². The molecule has 0 saturated carbocycles. The van der Waals surface area contributed by atoms with Gasteiger partial charge >= 0.3 is 5.97 Å². The van der Waals surface area contributed by atoms with E-state index in [9.17, 15) is 4.79 Å². The Kier molecular flexibility index (Phi) is 5.49. The molecule has 5 heteroatoms. The average Bonchev–Trinajstić information content (AvgIpc) is 2.30. The second-order valence-electron chi connectivity index (χ2n) is 3.27. The van der Waals surface area contributed by atoms with E-state index in [1.54, 1.807) is 0 Å². The van der Waals surface area contributed by atoms with Gasteiger partial charge in [0.25, 0.3) is 0 Å². The molecule has 1 rings (SSSR count). The van der Waals surface area contributed by atoms with E-state index >= 15 is 0 Å². The topological polar surface area (TPSA) is 73.6 Å². The van der Waals surface area contributed by atoms with Crippen LogP contribution in [0.15, 0.2) is 30.3 Å². The molecule has 0 heterocycles. The van der Waals surface area contributed by atoms with Crippen LogP contribution in [-0.4, -0.2) is 12.6 Å². The molecule has 0 fully saturated rings. The van der Waals surface area contributed by atoms with Crippen molar-refractivity contribution < 1.29 is 14.4 Å². The Morgan fingerprint density at radius 2 is 2.12 bits per heavy atom. The maximum absolute atomic E-state index is 10.9. The Morgan fingerprint density at radius 1 is 1.44 bits per heavy atom. The average molecular weight is 224 g/mol. The first-order valence-corrected chi connectivity index (χ1v) is 5.06. The van der Waals surface area contributed by atoms with Crippen molar-refractivity contribution in [2.75, 3.05) is 6.61 Å². The molecule has 0 aliphatic carbocycles. The number of hydrazine groups is 1. The van der Waals surface area contributed by atoms with Crippen molar-refractivity contribution in [2.45, 2.75) is 19.4 Å². The smallest absolute Gasteiger partial charge is 0.328 e. The monoisotopic (exact) mass is 224 g/mol. The number of nitrogens with one attached hydrogen (secondary N) is 1. The molecule has 3 N–H and O–H groups in total. The van der Waals surface area contributed by atoms with Crippen molar-refractivity contribution in [2.24, 2.45) is 5.84 Å². The van der Waals surface area contributed by atoms with Crippen LogP contribution >= 0.6 is 0 Å². The minimum absolute atomic E-state index is 0.0418. The van der Waals surface area contributed by atoms with Crippen molar-refractivity contribution in [3.63, 3.8) is 0 Å². The van der Waals surface area contributed by atoms with E-state index in [4.69, 9.17) is 10.6 Å². The molecule has 1 unspecified atom stereocenters. The lowest BCUT2D eigenvalue weighted by Crippen LogP contribution is -2.26. The Balaban J connectivity index is 2.26. The summed E-state index contributed by atoms with van der Waals surface area (Å²) in [5.41, 5.74) is 2.91. The summed E-state index contributed by atoms with van der Waals surface area (Å²) < 4.78 is 5.48. The molecular weight excluding hydrogens is 208 g/mol. The van der Waals surface area contributed by atoms with Gasteiger partial charge in [-0.05, 0) is 12.5 Å². The Labute approximate surface area is 94.5 Å². The molecule has 0 amide bonds. The maximum atomic E-state index is 10.9. The van der Waals surface area contributed by atoms with Gasteiger partial charge in [-0.25, -0.2) is 5.84 Å². The summed E-state index contributed by atoms with van der Waals surface area (Å²) in [5.74, 6) is 4.38. The predicted molar refractivity (Wildman–Crippen MR) is 58.8 cm³/mol. The highest BCUT2D eigenvalue weighted by atomic mass is 16.7. The number of carbonyl (C=O) groups is 1. The molecule has 5 nitrogen and oxygen atoms in total. The number of rotatable bonds is 6. The second-order valence-corrected chi connectivity index (χ2v) is 3.27. The lowest BCUT2D eigenvalue weighted by atomic mass is 10.1. The zero-order valence-electron chi connectivity index (χ0n) is 9.18. The molecule has 1 atom stereocenters. The molecule has 0 saturated heterocycles. The van der Waals surface area contributed by atoms with E-state index in [2.05, 4.69) is 4.84 Å². The molecule has 88 valence electrons. The van der Waals surface area contributed by atoms with Crippen LogP contribution in [0, 0.1) is 0 Å². The van der Waals surface area contributed by atoms with E-state index < -0.39 is 5.97 Å². The van der Waals surface area contributed by atoms with Gasteiger partial charge in [0.2, 0.25) is 0 Å². The molecule has 0 radical (unpaired) electrons. The summed E-state index contributed by atoms with van der Waals surface area (Å²) in [6, 6.07) is 9.79. The first-order valence-electron chi connectivity index (χ1n) is 5.06. The third-order valence-electron chi connectivity index (χ3n) is 2.12. The van der Waals surface area contributed by atoms with Crippen molar-refractivity contribution in [1.29, 1.82) is 0 Å². The van der Waals surface area contributed by atoms with Gasteiger partial charge in [-0.2, -0.15) is 0 Å². The summed E-state index contributed by atoms with van der Waals surface area (Å²) in [6.07, 6.45) is 0.126. The van der Waals surface area contributed by atoms with E-state index in [-0.39, 0.29) is 12.5 Å². The molecule has 0 spiro atoms. The van der Waals surface area contributed by atoms with Crippen LogP contribution in [0.5, 0.6) is 0 Å². The molecule has 0 aromatic heterocycles. The SMILES string of the molecule is CC(OCCC(=O)ONN)c1ccccc1. The maximum Gasteiger partial charge on any atom is 0.328 e. The number of ether oxygens (including phenoxy) is 1. The summed E-state index contributed by atoms with van der Waals surface area (Å²) >= 11 is 0. The molecular formula is C11H16N2O3. The van der Waals surface area contributed by atoms with Gasteiger partial charge in [-0.3, -0.25) is 4.79 Å². The highest BCUT2D eigenvalue weighted by Gasteiger charge is 2.07. The summed E-state index contributed by atoms with van der Waals surface area (Å²) in [5, 5.41) is 0. The standard InChI is InChI=1S/C11H16N2O3/c1-9(10-5-3-2-4-6-10)15-8-7-11(14)16-13-12/h2-6,9,13H,7-8,12H2,1H3. The number of benzene rings is 1. The van der Waals surface area contributed by atoms with Crippen molar-refractivity contribution in [3.8, 4) is 0 Å². The number of nitrogens with two attached hydrogens (primary N) is 1. The van der Waals surface area contributed by atoms with Crippen molar-refractivity contribution in [1.82, 2.24) is 5.59 Å². The first-order chi connectivity index (χ1) is 7.74. The third-order valence-corrected chi connectivity index (χ3v) is 2.12. The van der Waals surface area contributed by atoms with Gasteiger partial charge in [-0.1, -0.05) is 35.9 Å². The minimum atomic E-state index is -0.442. The number of hydrogen-bond donors (Lipinski definition) is 2. The van der Waals surface area contributed by atoms with Gasteiger partial charge < -0.3 is 9.57 Å². The van der Waals surface area contributed by atoms with Crippen LogP contribution in [0.25, 0.3) is 0 Å². The number of carbonyl (C=O) groups excluding carboxylic acids is 1. The summed E-state index contributed by atoms with van der Waals surface area (Å²) in [6.45, 7) is 2.23. The lowest BCUT2D eigenvalue weighted by molar-refractivity contribution is -0.152.